The minimum Gasteiger partial charge on any atom is -0.333 e. The van der Waals surface area contributed by atoms with E-state index in [0.29, 0.717) is 28.8 Å². The van der Waals surface area contributed by atoms with Crippen LogP contribution in [-0.4, -0.2) is 82.0 Å². The predicted octanol–water partition coefficient (Wildman–Crippen LogP) is 3.68. The van der Waals surface area contributed by atoms with Crippen molar-refractivity contribution in [3.63, 3.8) is 0 Å². The molecule has 0 bridgehead atoms. The highest BCUT2D eigenvalue weighted by atomic mass is 35.5. The number of rotatable bonds is 7. The van der Waals surface area contributed by atoms with Gasteiger partial charge in [0, 0.05) is 30.2 Å². The Labute approximate surface area is 225 Å². The highest BCUT2D eigenvalue weighted by Crippen LogP contribution is 2.30. The van der Waals surface area contributed by atoms with Gasteiger partial charge in [-0.25, -0.2) is 14.8 Å². The molecule has 2 saturated heterocycles. The zero-order valence-electron chi connectivity index (χ0n) is 20.2. The summed E-state index contributed by atoms with van der Waals surface area (Å²) in [5, 5.41) is 7.12. The fraction of sp³-hybridized carbons (Fsp3) is 0.400. The molecule has 2 aliphatic heterocycles. The lowest BCUT2D eigenvalue weighted by atomic mass is 10.0. The number of likely N-dealkylation sites (N-methyl/N-ethyl adjacent to an activating group) is 1. The van der Waals surface area contributed by atoms with Crippen LogP contribution in [0.3, 0.4) is 0 Å². The van der Waals surface area contributed by atoms with Crippen LogP contribution in [0.1, 0.15) is 17.5 Å². The van der Waals surface area contributed by atoms with Gasteiger partial charge in [-0.05, 0) is 41.7 Å². The van der Waals surface area contributed by atoms with Crippen LogP contribution >= 0.6 is 35.0 Å². The van der Waals surface area contributed by atoms with Crippen LogP contribution in [0.15, 0.2) is 48.5 Å². The maximum Gasteiger partial charge on any atom is 0.334 e. The number of benzene rings is 2. The summed E-state index contributed by atoms with van der Waals surface area (Å²) in [5.41, 5.74) is 1.72. The molecule has 0 saturated carbocycles. The Balaban J connectivity index is 1.61. The van der Waals surface area contributed by atoms with E-state index in [2.05, 4.69) is 5.32 Å². The number of hydrazine groups is 1. The smallest absolute Gasteiger partial charge is 0.333 e. The SMILES string of the molecule is CSCC[C@H]1C(=O)N(Cc2ccc(Cl)cc2Cl)C[C@H]2N1C(=O)CN(C)N2C(=O)NCc1ccccc1. The number of fused-ring (bicyclic) bond motifs is 1. The maximum atomic E-state index is 13.6. The molecule has 4 rings (SSSR count). The average molecular weight is 551 g/mol. The molecule has 1 N–H and O–H groups in total. The number of halogens is 2. The number of nitrogens with one attached hydrogen (secondary N) is 1. The number of urea groups is 1. The second-order valence-electron chi connectivity index (χ2n) is 8.84. The van der Waals surface area contributed by atoms with Crippen molar-refractivity contribution in [3.05, 3.63) is 69.7 Å². The van der Waals surface area contributed by atoms with Crippen molar-refractivity contribution in [1.29, 1.82) is 0 Å². The molecule has 0 aliphatic carbocycles. The van der Waals surface area contributed by atoms with Crippen LogP contribution in [0.4, 0.5) is 4.79 Å². The first-order valence-corrected chi connectivity index (χ1v) is 13.8. The van der Waals surface area contributed by atoms with Crippen molar-refractivity contribution >= 4 is 52.8 Å². The van der Waals surface area contributed by atoms with Crippen molar-refractivity contribution < 1.29 is 14.4 Å². The van der Waals surface area contributed by atoms with Gasteiger partial charge in [0.25, 0.3) is 0 Å². The highest BCUT2D eigenvalue weighted by molar-refractivity contribution is 7.98. The number of hydrogen-bond donors (Lipinski definition) is 1. The first-order valence-electron chi connectivity index (χ1n) is 11.6. The van der Waals surface area contributed by atoms with Gasteiger partial charge >= 0.3 is 6.03 Å². The fourth-order valence-electron chi connectivity index (χ4n) is 4.66. The quantitative estimate of drug-likeness (QED) is 0.570. The van der Waals surface area contributed by atoms with Gasteiger partial charge in [-0.15, -0.1) is 0 Å². The van der Waals surface area contributed by atoms with Gasteiger partial charge in [0.05, 0.1) is 13.1 Å². The molecule has 0 radical (unpaired) electrons. The van der Waals surface area contributed by atoms with Crippen molar-refractivity contribution in [2.24, 2.45) is 0 Å². The summed E-state index contributed by atoms with van der Waals surface area (Å²) in [6.45, 7) is 0.791. The van der Waals surface area contributed by atoms with E-state index in [0.717, 1.165) is 11.1 Å². The molecule has 2 aromatic carbocycles. The molecule has 36 heavy (non-hydrogen) atoms. The van der Waals surface area contributed by atoms with E-state index in [-0.39, 0.29) is 37.5 Å². The van der Waals surface area contributed by atoms with Gasteiger partial charge in [-0.3, -0.25) is 9.59 Å². The van der Waals surface area contributed by atoms with Crippen LogP contribution in [0.5, 0.6) is 0 Å². The minimum atomic E-state index is -0.659. The lowest BCUT2D eigenvalue weighted by Gasteiger charge is -2.54. The van der Waals surface area contributed by atoms with Crippen molar-refractivity contribution in [1.82, 2.24) is 25.1 Å². The Morgan fingerprint density at radius 3 is 2.58 bits per heavy atom. The summed E-state index contributed by atoms with van der Waals surface area (Å²) in [6.07, 6.45) is 1.82. The molecule has 4 amide bonds. The number of carbonyl (C=O) groups is 3. The molecular weight excluding hydrogens is 521 g/mol. The lowest BCUT2D eigenvalue weighted by Crippen LogP contribution is -2.75. The van der Waals surface area contributed by atoms with Crippen molar-refractivity contribution in [2.75, 3.05) is 32.1 Å². The van der Waals surface area contributed by atoms with Crippen LogP contribution in [0, 0.1) is 0 Å². The molecule has 2 atom stereocenters. The Morgan fingerprint density at radius 2 is 1.89 bits per heavy atom. The number of piperazine rings is 1. The Kier molecular flexibility index (Phi) is 8.66. The zero-order chi connectivity index (χ0) is 25.8. The summed E-state index contributed by atoms with van der Waals surface area (Å²) in [4.78, 5) is 43.5. The Bertz CT molecular complexity index is 1120. The van der Waals surface area contributed by atoms with Crippen LogP contribution in [0.2, 0.25) is 10.0 Å². The van der Waals surface area contributed by atoms with E-state index >= 15 is 0 Å². The Morgan fingerprint density at radius 1 is 1.14 bits per heavy atom. The number of hydrogen-bond acceptors (Lipinski definition) is 5. The number of amides is 4. The highest BCUT2D eigenvalue weighted by Gasteiger charge is 2.50. The van der Waals surface area contributed by atoms with Crippen LogP contribution < -0.4 is 5.32 Å². The van der Waals surface area contributed by atoms with Gasteiger partial charge in [0.2, 0.25) is 11.8 Å². The van der Waals surface area contributed by atoms with Crippen LogP contribution in [-0.2, 0) is 22.7 Å². The summed E-state index contributed by atoms with van der Waals surface area (Å²) in [7, 11) is 1.71. The molecular formula is C25H29Cl2N5O3S. The third-order valence-corrected chi connectivity index (χ3v) is 7.64. The monoisotopic (exact) mass is 549 g/mol. The summed E-state index contributed by atoms with van der Waals surface area (Å²) in [6, 6.07) is 13.8. The number of carbonyl (C=O) groups excluding carboxylic acids is 3. The minimum absolute atomic E-state index is 0.0152. The molecule has 0 aromatic heterocycles. The van der Waals surface area contributed by atoms with E-state index < -0.39 is 12.2 Å². The normalized spacial score (nSPS) is 20.5. The summed E-state index contributed by atoms with van der Waals surface area (Å²) in [5.74, 6) is 0.394. The van der Waals surface area contributed by atoms with Gasteiger partial charge in [0.15, 0.2) is 0 Å². The lowest BCUT2D eigenvalue weighted by molar-refractivity contribution is -0.187. The molecule has 0 spiro atoms. The van der Waals surface area contributed by atoms with Gasteiger partial charge in [-0.2, -0.15) is 11.8 Å². The van der Waals surface area contributed by atoms with Crippen molar-refractivity contribution in [3.8, 4) is 0 Å². The van der Waals surface area contributed by atoms with E-state index in [4.69, 9.17) is 23.2 Å². The van der Waals surface area contributed by atoms with E-state index in [1.807, 2.05) is 36.6 Å². The fourth-order valence-corrected chi connectivity index (χ4v) is 5.59. The average Bonchev–Trinajstić information content (AvgIpc) is 2.85. The number of nitrogens with zero attached hydrogens (tertiary/aromatic N) is 4. The van der Waals surface area contributed by atoms with Gasteiger partial charge in [-0.1, -0.05) is 59.6 Å². The largest absolute Gasteiger partial charge is 0.334 e. The predicted molar refractivity (Wildman–Crippen MR) is 142 cm³/mol. The molecule has 2 aliphatic rings. The van der Waals surface area contributed by atoms with Crippen LogP contribution in [0.25, 0.3) is 0 Å². The molecule has 2 heterocycles. The topological polar surface area (TPSA) is 76.2 Å². The Hall–Kier alpha value is -2.46. The molecule has 2 fully saturated rings. The maximum absolute atomic E-state index is 13.6. The second-order valence-corrected chi connectivity index (χ2v) is 10.7. The zero-order valence-corrected chi connectivity index (χ0v) is 22.5. The second kappa shape index (κ2) is 11.7. The number of thioether (sulfide) groups is 1. The molecule has 192 valence electrons. The molecule has 11 heteroatoms. The summed E-state index contributed by atoms with van der Waals surface area (Å²) >= 11 is 14.1. The van der Waals surface area contributed by atoms with E-state index in [1.165, 1.54) is 0 Å². The molecule has 0 unspecified atom stereocenters. The molecule has 2 aromatic rings. The van der Waals surface area contributed by atoms with Gasteiger partial charge < -0.3 is 15.1 Å². The van der Waals surface area contributed by atoms with Gasteiger partial charge in [0.1, 0.15) is 12.2 Å². The van der Waals surface area contributed by atoms with E-state index in [9.17, 15) is 14.4 Å². The third kappa shape index (κ3) is 5.75. The standard InChI is InChI=1S/C25H29Cl2N5O3S/c1-29-16-23(33)31-21(10-11-36-2)24(34)30(14-18-8-9-19(26)12-20(18)27)15-22(31)32(29)25(35)28-13-17-6-4-3-5-7-17/h3-9,12,21-22H,10-11,13-16H2,1-2H3,(H,28,35)/t21-,22-/m0/s1. The first-order chi connectivity index (χ1) is 17.3. The summed E-state index contributed by atoms with van der Waals surface area (Å²) < 4.78 is 0. The molecule has 8 nitrogen and oxygen atoms in total. The third-order valence-electron chi connectivity index (χ3n) is 6.41. The first kappa shape index (κ1) is 26.6. The van der Waals surface area contributed by atoms with Crippen molar-refractivity contribution in [2.45, 2.75) is 31.7 Å². The van der Waals surface area contributed by atoms with E-state index in [1.54, 1.807) is 56.8 Å².